The van der Waals surface area contributed by atoms with Crippen molar-refractivity contribution in [3.63, 3.8) is 0 Å². The van der Waals surface area contributed by atoms with E-state index in [1.54, 1.807) is 23.9 Å². The summed E-state index contributed by atoms with van der Waals surface area (Å²) in [5, 5.41) is 2.92. The molecule has 0 fully saturated rings. The number of rotatable bonds is 6. The maximum absolute atomic E-state index is 12.9. The summed E-state index contributed by atoms with van der Waals surface area (Å²) < 4.78 is 13.9. The van der Waals surface area contributed by atoms with E-state index in [1.165, 1.54) is 17.7 Å². The normalized spacial score (nSPS) is 12.0. The Morgan fingerprint density at radius 3 is 2.45 bits per heavy atom. The number of amides is 1. The molecule has 116 valence electrons. The Kier molecular flexibility index (Phi) is 6.46. The summed E-state index contributed by atoms with van der Waals surface area (Å²) >= 11 is 4.97. The summed E-state index contributed by atoms with van der Waals surface area (Å²) in [6.07, 6.45) is 0. The Labute approximate surface area is 142 Å². The van der Waals surface area contributed by atoms with Gasteiger partial charge in [0, 0.05) is 10.2 Å². The van der Waals surface area contributed by atoms with E-state index in [2.05, 4.69) is 21.2 Å². The van der Waals surface area contributed by atoms with E-state index >= 15 is 0 Å². The van der Waals surface area contributed by atoms with Gasteiger partial charge in [-0.3, -0.25) is 4.79 Å². The first-order valence-electron chi connectivity index (χ1n) is 6.91. The number of hydrogen-bond acceptors (Lipinski definition) is 2. The Balaban J connectivity index is 1.75. The monoisotopic (exact) mass is 381 g/mol. The molecule has 2 aromatic carbocycles. The highest BCUT2D eigenvalue weighted by Gasteiger charge is 2.09. The lowest BCUT2D eigenvalue weighted by Crippen LogP contribution is -2.28. The average Bonchev–Trinajstić information content (AvgIpc) is 2.50. The van der Waals surface area contributed by atoms with Crippen LogP contribution in [-0.2, 0) is 10.5 Å². The van der Waals surface area contributed by atoms with E-state index in [0.717, 1.165) is 15.8 Å². The second-order valence-electron chi connectivity index (χ2n) is 4.96. The maximum atomic E-state index is 12.9. The molecule has 0 heterocycles. The molecule has 22 heavy (non-hydrogen) atoms. The zero-order valence-electron chi connectivity index (χ0n) is 12.2. The number of halogens is 2. The second-order valence-corrected chi connectivity index (χ2v) is 6.86. The molecule has 2 aromatic rings. The molecule has 0 bridgehead atoms. The van der Waals surface area contributed by atoms with E-state index in [1.807, 2.05) is 31.2 Å². The third-order valence-electron chi connectivity index (χ3n) is 3.16. The molecule has 2 rings (SSSR count). The molecule has 2 nitrogen and oxygen atoms in total. The van der Waals surface area contributed by atoms with Crippen molar-refractivity contribution in [1.82, 2.24) is 5.32 Å². The molecule has 0 saturated heterocycles. The Hall–Kier alpha value is -1.33. The molecule has 0 aliphatic rings. The number of carbonyl (C=O) groups is 1. The summed E-state index contributed by atoms with van der Waals surface area (Å²) in [6.45, 7) is 1.89. The molecule has 1 N–H and O–H groups in total. The van der Waals surface area contributed by atoms with Gasteiger partial charge in [0.15, 0.2) is 0 Å². The first kappa shape index (κ1) is 17.0. The van der Waals surface area contributed by atoms with Crippen LogP contribution in [0.25, 0.3) is 0 Å². The highest BCUT2D eigenvalue weighted by Crippen LogP contribution is 2.17. The van der Waals surface area contributed by atoms with Gasteiger partial charge < -0.3 is 5.32 Å². The molecule has 1 amide bonds. The quantitative estimate of drug-likeness (QED) is 0.785. The van der Waals surface area contributed by atoms with Crippen molar-refractivity contribution in [3.8, 4) is 0 Å². The fraction of sp³-hybridized carbons (Fsp3) is 0.235. The highest BCUT2D eigenvalue weighted by atomic mass is 79.9. The fourth-order valence-electron chi connectivity index (χ4n) is 1.96. The first-order valence-corrected chi connectivity index (χ1v) is 8.86. The van der Waals surface area contributed by atoms with Crippen LogP contribution in [0.1, 0.15) is 24.1 Å². The molecule has 1 atom stereocenters. The third-order valence-corrected chi connectivity index (χ3v) is 4.70. The van der Waals surface area contributed by atoms with Gasteiger partial charge in [-0.1, -0.05) is 40.2 Å². The van der Waals surface area contributed by atoms with Gasteiger partial charge in [0.05, 0.1) is 11.8 Å². The van der Waals surface area contributed by atoms with Crippen molar-refractivity contribution < 1.29 is 9.18 Å². The number of carbonyl (C=O) groups excluding carboxylic acids is 1. The standard InChI is InChI=1S/C17H17BrFNOS/c1-12(14-4-8-16(19)9-5-14)20-17(21)11-22-10-13-2-6-15(18)7-3-13/h2-9,12H,10-11H2,1H3,(H,20,21)/t12-/m0/s1. The zero-order valence-corrected chi connectivity index (χ0v) is 14.6. The Bertz CT molecular complexity index is 616. The smallest absolute Gasteiger partial charge is 0.230 e. The number of benzene rings is 2. The largest absolute Gasteiger partial charge is 0.349 e. The highest BCUT2D eigenvalue weighted by molar-refractivity contribution is 9.10. The third kappa shape index (κ3) is 5.46. The summed E-state index contributed by atoms with van der Waals surface area (Å²) in [4.78, 5) is 11.9. The molecule has 5 heteroatoms. The van der Waals surface area contributed by atoms with Crippen molar-refractivity contribution >= 4 is 33.6 Å². The van der Waals surface area contributed by atoms with E-state index in [9.17, 15) is 9.18 Å². The van der Waals surface area contributed by atoms with E-state index in [4.69, 9.17) is 0 Å². The van der Waals surface area contributed by atoms with Crippen LogP contribution in [0.15, 0.2) is 53.0 Å². The Morgan fingerprint density at radius 1 is 1.18 bits per heavy atom. The van der Waals surface area contributed by atoms with Crippen LogP contribution < -0.4 is 5.32 Å². The van der Waals surface area contributed by atoms with Crippen molar-refractivity contribution in [2.75, 3.05) is 5.75 Å². The van der Waals surface area contributed by atoms with Gasteiger partial charge in [-0.05, 0) is 42.3 Å². The van der Waals surface area contributed by atoms with E-state index in [-0.39, 0.29) is 17.8 Å². The molecule has 0 saturated carbocycles. The molecule has 0 aliphatic heterocycles. The lowest BCUT2D eigenvalue weighted by Gasteiger charge is -2.14. The van der Waals surface area contributed by atoms with Crippen molar-refractivity contribution in [1.29, 1.82) is 0 Å². The Morgan fingerprint density at radius 2 is 1.82 bits per heavy atom. The molecule has 0 aliphatic carbocycles. The number of thioether (sulfide) groups is 1. The molecule has 0 unspecified atom stereocenters. The molecule has 0 spiro atoms. The van der Waals surface area contributed by atoms with E-state index < -0.39 is 0 Å². The van der Waals surface area contributed by atoms with Crippen molar-refractivity contribution in [2.45, 2.75) is 18.7 Å². The lowest BCUT2D eigenvalue weighted by molar-refractivity contribution is -0.119. The topological polar surface area (TPSA) is 29.1 Å². The molecule has 0 aromatic heterocycles. The summed E-state index contributed by atoms with van der Waals surface area (Å²) in [7, 11) is 0. The summed E-state index contributed by atoms with van der Waals surface area (Å²) in [5.74, 6) is 0.916. The van der Waals surface area contributed by atoms with Gasteiger partial charge in [-0.25, -0.2) is 4.39 Å². The van der Waals surface area contributed by atoms with Crippen LogP contribution in [0.5, 0.6) is 0 Å². The number of nitrogens with one attached hydrogen (secondary N) is 1. The predicted molar refractivity (Wildman–Crippen MR) is 93.3 cm³/mol. The summed E-state index contributed by atoms with van der Waals surface area (Å²) in [5.41, 5.74) is 2.08. The van der Waals surface area contributed by atoms with Gasteiger partial charge in [-0.15, -0.1) is 11.8 Å². The lowest BCUT2D eigenvalue weighted by atomic mass is 10.1. The van der Waals surface area contributed by atoms with Crippen LogP contribution >= 0.6 is 27.7 Å². The molecule has 0 radical (unpaired) electrons. The fourth-order valence-corrected chi connectivity index (χ4v) is 3.02. The predicted octanol–water partition coefficient (Wildman–Crippen LogP) is 4.70. The van der Waals surface area contributed by atoms with Crippen LogP contribution in [0, 0.1) is 5.82 Å². The average molecular weight is 382 g/mol. The molecular weight excluding hydrogens is 365 g/mol. The van der Waals surface area contributed by atoms with Crippen LogP contribution in [0.3, 0.4) is 0 Å². The SMILES string of the molecule is C[C@H](NC(=O)CSCc1ccc(Br)cc1)c1ccc(F)cc1. The minimum absolute atomic E-state index is 0.0149. The second kappa shape index (κ2) is 8.34. The van der Waals surface area contributed by atoms with Crippen LogP contribution in [-0.4, -0.2) is 11.7 Å². The minimum atomic E-state index is -0.271. The van der Waals surface area contributed by atoms with Crippen molar-refractivity contribution in [3.05, 3.63) is 69.9 Å². The zero-order chi connectivity index (χ0) is 15.9. The van der Waals surface area contributed by atoms with Gasteiger partial charge in [0.2, 0.25) is 5.91 Å². The maximum Gasteiger partial charge on any atom is 0.230 e. The van der Waals surface area contributed by atoms with Gasteiger partial charge in [0.25, 0.3) is 0 Å². The first-order chi connectivity index (χ1) is 10.5. The summed E-state index contributed by atoms with van der Waals surface area (Å²) in [6, 6.07) is 14.1. The van der Waals surface area contributed by atoms with Gasteiger partial charge >= 0.3 is 0 Å². The van der Waals surface area contributed by atoms with Gasteiger partial charge in [0.1, 0.15) is 5.82 Å². The van der Waals surface area contributed by atoms with Gasteiger partial charge in [-0.2, -0.15) is 0 Å². The van der Waals surface area contributed by atoms with Crippen molar-refractivity contribution in [2.24, 2.45) is 0 Å². The number of hydrogen-bond donors (Lipinski definition) is 1. The van der Waals surface area contributed by atoms with Crippen LogP contribution in [0.2, 0.25) is 0 Å². The van der Waals surface area contributed by atoms with Crippen LogP contribution in [0.4, 0.5) is 4.39 Å². The van der Waals surface area contributed by atoms with E-state index in [0.29, 0.717) is 5.75 Å². The molecular formula is C17H17BrFNOS. The minimum Gasteiger partial charge on any atom is -0.349 e.